The van der Waals surface area contributed by atoms with Gasteiger partial charge in [0, 0.05) is 25.1 Å². The maximum Gasteiger partial charge on any atom is 0.0615 e. The summed E-state index contributed by atoms with van der Waals surface area (Å²) in [6.07, 6.45) is 0. The van der Waals surface area contributed by atoms with Crippen LogP contribution in [0, 0.1) is 0 Å². The number of methoxy groups -OCH3 is 1. The summed E-state index contributed by atoms with van der Waals surface area (Å²) in [7, 11) is 3.78. The summed E-state index contributed by atoms with van der Waals surface area (Å²) in [5.41, 5.74) is 0. The van der Waals surface area contributed by atoms with Crippen molar-refractivity contribution < 1.29 is 4.74 Å². The Morgan fingerprint density at radius 1 is 1.36 bits per heavy atom. The van der Waals surface area contributed by atoms with Crippen LogP contribution in [0.1, 0.15) is 13.8 Å². The van der Waals surface area contributed by atoms with E-state index in [4.69, 9.17) is 16.3 Å². The molecule has 0 bridgehead atoms. The SMILES string of the molecule is COCC(C)N(C)C(C)CCl. The molecule has 0 N–H and O–H groups in total. The van der Waals surface area contributed by atoms with Crippen LogP contribution in [0.15, 0.2) is 0 Å². The van der Waals surface area contributed by atoms with E-state index in [0.29, 0.717) is 18.0 Å². The molecule has 0 fully saturated rings. The van der Waals surface area contributed by atoms with Gasteiger partial charge in [-0.05, 0) is 20.9 Å². The van der Waals surface area contributed by atoms with Crippen LogP contribution in [-0.4, -0.2) is 43.6 Å². The van der Waals surface area contributed by atoms with E-state index in [2.05, 4.69) is 25.8 Å². The molecule has 0 radical (unpaired) electrons. The average Bonchev–Trinajstić information content (AvgIpc) is 2.02. The monoisotopic (exact) mass is 179 g/mol. The zero-order valence-electron chi connectivity index (χ0n) is 7.80. The van der Waals surface area contributed by atoms with Crippen molar-refractivity contribution in [2.45, 2.75) is 25.9 Å². The van der Waals surface area contributed by atoms with E-state index in [1.165, 1.54) is 0 Å². The summed E-state index contributed by atoms with van der Waals surface area (Å²) in [5, 5.41) is 0. The maximum atomic E-state index is 5.71. The van der Waals surface area contributed by atoms with E-state index in [1.54, 1.807) is 7.11 Å². The number of hydrogen-bond acceptors (Lipinski definition) is 2. The lowest BCUT2D eigenvalue weighted by molar-refractivity contribution is 0.0994. The molecule has 0 aliphatic heterocycles. The molecule has 11 heavy (non-hydrogen) atoms. The fourth-order valence-electron chi connectivity index (χ4n) is 0.902. The summed E-state index contributed by atoms with van der Waals surface area (Å²) in [5.74, 6) is 0.671. The molecule has 0 aliphatic rings. The Labute approximate surface area is 74.5 Å². The van der Waals surface area contributed by atoms with Crippen LogP contribution in [0.3, 0.4) is 0 Å². The first-order chi connectivity index (χ1) is 5.13. The largest absolute Gasteiger partial charge is 0.383 e. The molecule has 0 rings (SSSR count). The number of likely N-dealkylation sites (N-methyl/N-ethyl adjacent to an activating group) is 1. The lowest BCUT2D eigenvalue weighted by Crippen LogP contribution is -2.40. The number of rotatable bonds is 5. The van der Waals surface area contributed by atoms with Gasteiger partial charge in [-0.2, -0.15) is 0 Å². The molecule has 0 amide bonds. The summed E-state index contributed by atoms with van der Waals surface area (Å²) in [6, 6.07) is 0.857. The lowest BCUT2D eigenvalue weighted by atomic mass is 10.2. The molecule has 0 aliphatic carbocycles. The van der Waals surface area contributed by atoms with Gasteiger partial charge in [0.05, 0.1) is 6.61 Å². The van der Waals surface area contributed by atoms with Gasteiger partial charge in [0.25, 0.3) is 0 Å². The second kappa shape index (κ2) is 5.81. The quantitative estimate of drug-likeness (QED) is 0.595. The maximum absolute atomic E-state index is 5.71. The Morgan fingerprint density at radius 2 is 1.91 bits per heavy atom. The third kappa shape index (κ3) is 3.94. The van der Waals surface area contributed by atoms with Gasteiger partial charge >= 0.3 is 0 Å². The van der Waals surface area contributed by atoms with Gasteiger partial charge in [0.1, 0.15) is 0 Å². The zero-order chi connectivity index (χ0) is 8.85. The molecule has 0 aromatic heterocycles. The van der Waals surface area contributed by atoms with Crippen molar-refractivity contribution in [2.75, 3.05) is 26.6 Å². The van der Waals surface area contributed by atoms with Crippen LogP contribution in [0.5, 0.6) is 0 Å². The first-order valence-corrected chi connectivity index (χ1v) is 4.43. The fourth-order valence-corrected chi connectivity index (χ4v) is 1.12. The molecule has 0 spiro atoms. The minimum absolute atomic E-state index is 0.418. The topological polar surface area (TPSA) is 12.5 Å². The van der Waals surface area contributed by atoms with E-state index < -0.39 is 0 Å². The zero-order valence-corrected chi connectivity index (χ0v) is 8.56. The van der Waals surface area contributed by atoms with Crippen molar-refractivity contribution in [1.82, 2.24) is 4.90 Å². The third-order valence-corrected chi connectivity index (χ3v) is 2.47. The van der Waals surface area contributed by atoms with Crippen molar-refractivity contribution in [3.8, 4) is 0 Å². The van der Waals surface area contributed by atoms with Gasteiger partial charge in [-0.1, -0.05) is 0 Å². The van der Waals surface area contributed by atoms with Crippen molar-refractivity contribution in [2.24, 2.45) is 0 Å². The molecule has 3 heteroatoms. The van der Waals surface area contributed by atoms with Gasteiger partial charge in [0.15, 0.2) is 0 Å². The summed E-state index contributed by atoms with van der Waals surface area (Å²) >= 11 is 5.71. The number of ether oxygens (including phenoxy) is 1. The Bertz CT molecular complexity index is 100. The summed E-state index contributed by atoms with van der Waals surface area (Å²) in [4.78, 5) is 2.22. The third-order valence-electron chi connectivity index (χ3n) is 2.02. The predicted octanol–water partition coefficient (Wildman–Crippen LogP) is 1.58. The van der Waals surface area contributed by atoms with Gasteiger partial charge in [0.2, 0.25) is 0 Å². The second-order valence-electron chi connectivity index (χ2n) is 2.97. The Morgan fingerprint density at radius 3 is 2.27 bits per heavy atom. The molecule has 68 valence electrons. The van der Waals surface area contributed by atoms with Gasteiger partial charge in [-0.25, -0.2) is 0 Å². The van der Waals surface area contributed by atoms with Crippen molar-refractivity contribution in [3.63, 3.8) is 0 Å². The summed E-state index contributed by atoms with van der Waals surface area (Å²) < 4.78 is 5.03. The standard InChI is InChI=1S/C8H18ClNO/c1-7(5-9)10(3)8(2)6-11-4/h7-8H,5-6H2,1-4H3. The molecule has 2 nitrogen and oxygen atoms in total. The number of alkyl halides is 1. The molecule has 2 atom stereocenters. The molecule has 2 unspecified atom stereocenters. The van der Waals surface area contributed by atoms with Gasteiger partial charge in [-0.3, -0.25) is 4.90 Å². The normalized spacial score (nSPS) is 16.9. The van der Waals surface area contributed by atoms with Crippen LogP contribution in [0.4, 0.5) is 0 Å². The van der Waals surface area contributed by atoms with E-state index in [9.17, 15) is 0 Å². The van der Waals surface area contributed by atoms with Crippen molar-refractivity contribution in [1.29, 1.82) is 0 Å². The Balaban J connectivity index is 3.70. The van der Waals surface area contributed by atoms with Crippen LogP contribution in [-0.2, 0) is 4.74 Å². The van der Waals surface area contributed by atoms with Crippen molar-refractivity contribution in [3.05, 3.63) is 0 Å². The average molecular weight is 180 g/mol. The molecular weight excluding hydrogens is 162 g/mol. The molecule has 0 aromatic rings. The fraction of sp³-hybridized carbons (Fsp3) is 1.00. The first-order valence-electron chi connectivity index (χ1n) is 3.90. The highest BCUT2D eigenvalue weighted by Crippen LogP contribution is 2.03. The minimum Gasteiger partial charge on any atom is -0.383 e. The number of hydrogen-bond donors (Lipinski definition) is 0. The highest BCUT2D eigenvalue weighted by atomic mass is 35.5. The first kappa shape index (κ1) is 11.2. The van der Waals surface area contributed by atoms with E-state index in [0.717, 1.165) is 6.61 Å². The van der Waals surface area contributed by atoms with Crippen LogP contribution < -0.4 is 0 Å². The Kier molecular flexibility index (Phi) is 5.92. The lowest BCUT2D eigenvalue weighted by Gasteiger charge is -2.28. The number of halogens is 1. The van der Waals surface area contributed by atoms with Crippen molar-refractivity contribution >= 4 is 11.6 Å². The molecule has 0 saturated carbocycles. The second-order valence-corrected chi connectivity index (χ2v) is 3.28. The van der Waals surface area contributed by atoms with Gasteiger partial charge in [-0.15, -0.1) is 11.6 Å². The molecular formula is C8H18ClNO. The van der Waals surface area contributed by atoms with E-state index in [1.807, 2.05) is 0 Å². The van der Waals surface area contributed by atoms with E-state index >= 15 is 0 Å². The van der Waals surface area contributed by atoms with Crippen LogP contribution in [0.2, 0.25) is 0 Å². The molecule has 0 aromatic carbocycles. The predicted molar refractivity (Wildman–Crippen MR) is 49.3 cm³/mol. The molecule has 0 saturated heterocycles. The van der Waals surface area contributed by atoms with Crippen LogP contribution >= 0.6 is 11.6 Å². The van der Waals surface area contributed by atoms with E-state index in [-0.39, 0.29) is 0 Å². The van der Waals surface area contributed by atoms with Crippen LogP contribution in [0.25, 0.3) is 0 Å². The number of nitrogens with zero attached hydrogens (tertiary/aromatic N) is 1. The highest BCUT2D eigenvalue weighted by molar-refractivity contribution is 6.18. The summed E-state index contributed by atoms with van der Waals surface area (Å²) in [6.45, 7) is 5.00. The molecule has 0 heterocycles. The Hall–Kier alpha value is 0.210. The minimum atomic E-state index is 0.418. The van der Waals surface area contributed by atoms with Gasteiger partial charge < -0.3 is 4.74 Å². The highest BCUT2D eigenvalue weighted by Gasteiger charge is 2.13. The smallest absolute Gasteiger partial charge is 0.0615 e.